The Hall–Kier alpha value is -2.70. The summed E-state index contributed by atoms with van der Waals surface area (Å²) >= 11 is 0. The first-order chi connectivity index (χ1) is 11.4. The largest absolute Gasteiger partial charge is 0.461 e. The third-order valence-electron chi connectivity index (χ3n) is 3.80. The molecule has 0 saturated heterocycles. The number of carbonyl (C=O) groups is 2. The number of aromatic amines is 1. The predicted octanol–water partition coefficient (Wildman–Crippen LogP) is 2.64. The average molecular weight is 331 g/mol. The summed E-state index contributed by atoms with van der Waals surface area (Å²) in [5.74, 6) is -0.869. The van der Waals surface area contributed by atoms with Crippen LogP contribution in [0.3, 0.4) is 0 Å². The first kappa shape index (κ1) is 17.7. The van der Waals surface area contributed by atoms with Gasteiger partial charge in [-0.1, -0.05) is 6.07 Å². The molecule has 0 amide bonds. The molecule has 1 heterocycles. The summed E-state index contributed by atoms with van der Waals surface area (Å²) in [5, 5.41) is 10.5. The van der Waals surface area contributed by atoms with Gasteiger partial charge < -0.3 is 9.47 Å². The van der Waals surface area contributed by atoms with Gasteiger partial charge in [0.05, 0.1) is 6.61 Å². The van der Waals surface area contributed by atoms with Crippen LogP contribution in [0.2, 0.25) is 0 Å². The van der Waals surface area contributed by atoms with Crippen molar-refractivity contribution in [3.05, 3.63) is 34.0 Å². The second kappa shape index (κ2) is 7.25. The molecule has 1 N–H and O–H groups in total. The SMILES string of the molecule is CCOC(=O)c1n[nH]nc1-c1c(C)cc(C)c(COC(C)=O)c1C. The Morgan fingerprint density at radius 3 is 2.46 bits per heavy atom. The van der Waals surface area contributed by atoms with Gasteiger partial charge >= 0.3 is 11.9 Å². The van der Waals surface area contributed by atoms with Gasteiger partial charge in [0.25, 0.3) is 0 Å². The van der Waals surface area contributed by atoms with Gasteiger partial charge in [0.1, 0.15) is 12.3 Å². The summed E-state index contributed by atoms with van der Waals surface area (Å²) in [7, 11) is 0. The fraction of sp³-hybridized carbons (Fsp3) is 0.412. The minimum absolute atomic E-state index is 0.144. The smallest absolute Gasteiger partial charge is 0.361 e. The van der Waals surface area contributed by atoms with Crippen molar-refractivity contribution in [2.24, 2.45) is 0 Å². The van der Waals surface area contributed by atoms with E-state index in [9.17, 15) is 9.59 Å². The molecule has 0 bridgehead atoms. The van der Waals surface area contributed by atoms with Crippen LogP contribution in [0, 0.1) is 20.8 Å². The topological polar surface area (TPSA) is 94.2 Å². The van der Waals surface area contributed by atoms with Crippen molar-refractivity contribution in [3.63, 3.8) is 0 Å². The maximum Gasteiger partial charge on any atom is 0.361 e. The highest BCUT2D eigenvalue weighted by Gasteiger charge is 2.23. The molecule has 0 aliphatic carbocycles. The molecule has 0 radical (unpaired) electrons. The summed E-state index contributed by atoms with van der Waals surface area (Å²) in [6.07, 6.45) is 0. The Balaban J connectivity index is 2.55. The lowest BCUT2D eigenvalue weighted by Gasteiger charge is -2.16. The van der Waals surface area contributed by atoms with Gasteiger partial charge in [0.2, 0.25) is 0 Å². The molecule has 128 valence electrons. The summed E-state index contributed by atoms with van der Waals surface area (Å²) in [5.41, 5.74) is 5.13. The van der Waals surface area contributed by atoms with Gasteiger partial charge in [0, 0.05) is 12.5 Å². The van der Waals surface area contributed by atoms with Crippen LogP contribution < -0.4 is 0 Å². The quantitative estimate of drug-likeness (QED) is 0.846. The van der Waals surface area contributed by atoms with Gasteiger partial charge in [-0.15, -0.1) is 5.10 Å². The van der Waals surface area contributed by atoms with Crippen molar-refractivity contribution in [3.8, 4) is 11.3 Å². The highest BCUT2D eigenvalue weighted by atomic mass is 16.5. The van der Waals surface area contributed by atoms with Crippen LogP contribution in [0.4, 0.5) is 0 Å². The Morgan fingerprint density at radius 2 is 1.83 bits per heavy atom. The van der Waals surface area contributed by atoms with Crippen LogP contribution in [-0.2, 0) is 20.9 Å². The van der Waals surface area contributed by atoms with E-state index in [1.807, 2.05) is 26.8 Å². The van der Waals surface area contributed by atoms with Gasteiger partial charge in [-0.3, -0.25) is 4.79 Å². The first-order valence-electron chi connectivity index (χ1n) is 7.68. The molecule has 1 aromatic heterocycles. The van der Waals surface area contributed by atoms with Gasteiger partial charge in [0.15, 0.2) is 5.69 Å². The Kier molecular flexibility index (Phi) is 5.33. The molecular formula is C17H21N3O4. The Bertz CT molecular complexity index is 780. The normalized spacial score (nSPS) is 10.5. The van der Waals surface area contributed by atoms with Crippen molar-refractivity contribution in [1.29, 1.82) is 0 Å². The second-order valence-electron chi connectivity index (χ2n) is 5.51. The molecule has 0 fully saturated rings. The summed E-state index contributed by atoms with van der Waals surface area (Å²) in [6.45, 7) is 9.35. The van der Waals surface area contributed by atoms with Gasteiger partial charge in [-0.25, -0.2) is 4.79 Å². The zero-order valence-electron chi connectivity index (χ0n) is 14.5. The minimum atomic E-state index is -0.526. The van der Waals surface area contributed by atoms with Crippen LogP contribution >= 0.6 is 0 Å². The van der Waals surface area contributed by atoms with E-state index in [1.54, 1.807) is 6.92 Å². The van der Waals surface area contributed by atoms with E-state index in [0.29, 0.717) is 5.69 Å². The number of hydrogen-bond acceptors (Lipinski definition) is 6. The number of nitrogens with zero attached hydrogens (tertiary/aromatic N) is 2. The molecule has 0 saturated carbocycles. The number of ether oxygens (including phenoxy) is 2. The number of rotatable bonds is 5. The maximum atomic E-state index is 12.1. The van der Waals surface area contributed by atoms with Crippen LogP contribution in [0.1, 0.15) is 46.6 Å². The molecule has 0 aliphatic rings. The minimum Gasteiger partial charge on any atom is -0.461 e. The van der Waals surface area contributed by atoms with E-state index in [2.05, 4.69) is 15.4 Å². The fourth-order valence-electron chi connectivity index (χ4n) is 2.73. The van der Waals surface area contributed by atoms with Gasteiger partial charge in [-0.05, 0) is 49.9 Å². The molecule has 0 spiro atoms. The summed E-state index contributed by atoms with van der Waals surface area (Å²) in [6, 6.07) is 1.98. The molecule has 2 aromatic rings. The molecule has 7 nitrogen and oxygen atoms in total. The Morgan fingerprint density at radius 1 is 1.12 bits per heavy atom. The summed E-state index contributed by atoms with van der Waals surface area (Å²) < 4.78 is 10.2. The average Bonchev–Trinajstić information content (AvgIpc) is 2.95. The van der Waals surface area contributed by atoms with Crippen molar-refractivity contribution in [1.82, 2.24) is 15.4 Å². The number of H-pyrrole nitrogens is 1. The number of aryl methyl sites for hydroxylation is 2. The van der Waals surface area contributed by atoms with Crippen molar-refractivity contribution in [2.45, 2.75) is 41.2 Å². The van der Waals surface area contributed by atoms with E-state index >= 15 is 0 Å². The zero-order chi connectivity index (χ0) is 17.9. The standard InChI is InChI=1S/C17H21N3O4/c1-6-23-17(22)16-15(18-20-19-16)14-10(3)7-9(2)13(11(14)4)8-24-12(5)21/h7H,6,8H2,1-5H3,(H,18,19,20). The third kappa shape index (κ3) is 3.45. The number of esters is 2. The van der Waals surface area contributed by atoms with Gasteiger partial charge in [-0.2, -0.15) is 10.3 Å². The molecule has 0 unspecified atom stereocenters. The molecule has 24 heavy (non-hydrogen) atoms. The fourth-order valence-corrected chi connectivity index (χ4v) is 2.73. The van der Waals surface area contributed by atoms with Crippen molar-refractivity contribution >= 4 is 11.9 Å². The highest BCUT2D eigenvalue weighted by molar-refractivity contribution is 5.95. The highest BCUT2D eigenvalue weighted by Crippen LogP contribution is 2.32. The predicted molar refractivity (Wildman–Crippen MR) is 87.5 cm³/mol. The first-order valence-corrected chi connectivity index (χ1v) is 7.68. The Labute approximate surface area is 140 Å². The molecule has 7 heteroatoms. The number of aromatic nitrogens is 3. The van der Waals surface area contributed by atoms with E-state index in [1.165, 1.54) is 6.92 Å². The third-order valence-corrected chi connectivity index (χ3v) is 3.80. The molecule has 0 atom stereocenters. The second-order valence-corrected chi connectivity index (χ2v) is 5.51. The molecule has 2 rings (SSSR count). The molecule has 1 aromatic carbocycles. The molecular weight excluding hydrogens is 310 g/mol. The van der Waals surface area contributed by atoms with Crippen molar-refractivity contribution in [2.75, 3.05) is 6.61 Å². The van der Waals surface area contributed by atoms with Crippen LogP contribution in [-0.4, -0.2) is 34.0 Å². The lowest BCUT2D eigenvalue weighted by Crippen LogP contribution is -2.09. The van der Waals surface area contributed by atoms with Crippen LogP contribution in [0.15, 0.2) is 6.07 Å². The lowest BCUT2D eigenvalue weighted by atomic mass is 9.91. The van der Waals surface area contributed by atoms with Crippen molar-refractivity contribution < 1.29 is 19.1 Å². The summed E-state index contributed by atoms with van der Waals surface area (Å²) in [4.78, 5) is 23.2. The van der Waals surface area contributed by atoms with Crippen LogP contribution in [0.25, 0.3) is 11.3 Å². The lowest BCUT2D eigenvalue weighted by molar-refractivity contribution is -0.142. The molecule has 0 aliphatic heterocycles. The van der Waals surface area contributed by atoms with E-state index in [-0.39, 0.29) is 24.9 Å². The number of nitrogens with one attached hydrogen (secondary N) is 1. The number of benzene rings is 1. The monoisotopic (exact) mass is 331 g/mol. The number of carbonyl (C=O) groups excluding carboxylic acids is 2. The van der Waals surface area contributed by atoms with E-state index < -0.39 is 5.97 Å². The van der Waals surface area contributed by atoms with Crippen LogP contribution in [0.5, 0.6) is 0 Å². The number of hydrogen-bond donors (Lipinski definition) is 1. The van der Waals surface area contributed by atoms with E-state index in [0.717, 1.165) is 27.8 Å². The maximum absolute atomic E-state index is 12.1. The zero-order valence-corrected chi connectivity index (χ0v) is 14.5. The van der Waals surface area contributed by atoms with E-state index in [4.69, 9.17) is 9.47 Å².